The monoisotopic (exact) mass is 367 g/mol. The highest BCUT2D eigenvalue weighted by atomic mass is 79.9. The third-order valence-corrected chi connectivity index (χ3v) is 4.80. The number of hydrogen-bond acceptors (Lipinski definition) is 3. The average Bonchev–Trinajstić information content (AvgIpc) is 2.87. The summed E-state index contributed by atoms with van der Waals surface area (Å²) in [5.41, 5.74) is 2.55. The van der Waals surface area contributed by atoms with Crippen LogP contribution in [-0.4, -0.2) is 24.8 Å². The summed E-state index contributed by atoms with van der Waals surface area (Å²) in [6, 6.07) is 7.88. The van der Waals surface area contributed by atoms with Gasteiger partial charge in [-0.2, -0.15) is 5.10 Å². The van der Waals surface area contributed by atoms with Gasteiger partial charge in [-0.15, -0.1) is 0 Å². The Bertz CT molecular complexity index is 661. The molecule has 0 N–H and O–H groups in total. The highest BCUT2D eigenvalue weighted by molar-refractivity contribution is 9.10. The van der Waals surface area contributed by atoms with E-state index in [4.69, 9.17) is 0 Å². The van der Waals surface area contributed by atoms with Gasteiger partial charge in [0.25, 0.3) is 0 Å². The first kappa shape index (κ1) is 16.3. The molecule has 0 amide bonds. The number of halogens is 1. The van der Waals surface area contributed by atoms with Crippen molar-refractivity contribution in [1.29, 1.82) is 0 Å². The number of hydrogen-bond donors (Lipinski definition) is 0. The van der Waals surface area contributed by atoms with Crippen LogP contribution in [0.15, 0.2) is 45.5 Å². The summed E-state index contributed by atoms with van der Waals surface area (Å²) in [5.74, 6) is 0. The summed E-state index contributed by atoms with van der Waals surface area (Å²) in [5, 5.41) is 4.33. The van der Waals surface area contributed by atoms with Crippen molar-refractivity contribution in [3.05, 3.63) is 46.7 Å². The molecule has 2 aromatic rings. The normalized spacial score (nSPS) is 14.3. The molecule has 0 fully saturated rings. The quantitative estimate of drug-likeness (QED) is 0.609. The van der Waals surface area contributed by atoms with Crippen molar-refractivity contribution in [2.24, 2.45) is 4.40 Å². The summed E-state index contributed by atoms with van der Waals surface area (Å²) in [7, 11) is 0. The molecule has 0 aliphatic heterocycles. The third-order valence-electron chi connectivity index (χ3n) is 2.82. The maximum absolute atomic E-state index is 12.1. The smallest absolute Gasteiger partial charge is 0.144 e. The fourth-order valence-electron chi connectivity index (χ4n) is 1.58. The molecule has 6 heteroatoms. The molecule has 1 aromatic carbocycles. The van der Waals surface area contributed by atoms with Gasteiger partial charge in [-0.1, -0.05) is 26.4 Å². The molecule has 0 aliphatic carbocycles. The minimum atomic E-state index is -1.26. The van der Waals surface area contributed by atoms with Gasteiger partial charge in [0.15, 0.2) is 0 Å². The maximum atomic E-state index is 12.1. The van der Waals surface area contributed by atoms with Crippen LogP contribution in [0.1, 0.15) is 33.3 Å². The molecule has 4 nitrogen and oxygen atoms in total. The van der Waals surface area contributed by atoms with Crippen LogP contribution in [0.25, 0.3) is 5.69 Å². The minimum absolute atomic E-state index is 0.360. The van der Waals surface area contributed by atoms with Crippen LogP contribution < -0.4 is 0 Å². The molecule has 0 spiro atoms. The van der Waals surface area contributed by atoms with E-state index in [1.54, 1.807) is 10.9 Å². The molecule has 0 radical (unpaired) electrons. The van der Waals surface area contributed by atoms with Crippen molar-refractivity contribution in [2.75, 3.05) is 0 Å². The minimum Gasteiger partial charge on any atom is -0.591 e. The Kier molecular flexibility index (Phi) is 4.91. The van der Waals surface area contributed by atoms with Crippen molar-refractivity contribution in [1.82, 2.24) is 9.78 Å². The standard InChI is InChI=1S/C15H18BrN3OS/c1-11(18-21(20)15(2,3)4)12-9-17-19(10-12)14-7-5-6-13(16)8-14/h5-10H,1-4H3/b18-11+/t21-/m1/s1. The fourth-order valence-corrected chi connectivity index (χ4v) is 2.60. The van der Waals surface area contributed by atoms with Gasteiger partial charge in [0.1, 0.15) is 16.1 Å². The van der Waals surface area contributed by atoms with Gasteiger partial charge in [-0.25, -0.2) is 4.68 Å². The summed E-state index contributed by atoms with van der Waals surface area (Å²) in [6.45, 7) is 7.58. The van der Waals surface area contributed by atoms with E-state index in [-0.39, 0.29) is 4.75 Å². The predicted molar refractivity (Wildman–Crippen MR) is 91.4 cm³/mol. The Hall–Kier alpha value is -1.11. The van der Waals surface area contributed by atoms with Gasteiger partial charge in [0, 0.05) is 16.2 Å². The van der Waals surface area contributed by atoms with E-state index in [0.29, 0.717) is 0 Å². The van der Waals surface area contributed by atoms with E-state index in [1.807, 2.05) is 58.2 Å². The van der Waals surface area contributed by atoms with E-state index < -0.39 is 11.4 Å². The average molecular weight is 368 g/mol. The second-order valence-corrected chi connectivity index (χ2v) is 8.51. The Morgan fingerprint density at radius 2 is 2.10 bits per heavy atom. The lowest BCUT2D eigenvalue weighted by molar-refractivity contribution is 0.561. The highest BCUT2D eigenvalue weighted by Crippen LogP contribution is 2.19. The lowest BCUT2D eigenvalue weighted by Gasteiger charge is -2.18. The molecule has 0 bridgehead atoms. The van der Waals surface area contributed by atoms with Gasteiger partial charge in [-0.3, -0.25) is 0 Å². The van der Waals surface area contributed by atoms with E-state index in [0.717, 1.165) is 21.4 Å². The van der Waals surface area contributed by atoms with Gasteiger partial charge in [0.2, 0.25) is 0 Å². The Balaban J connectivity index is 2.26. The second kappa shape index (κ2) is 6.34. The Labute approximate surface area is 136 Å². The van der Waals surface area contributed by atoms with Gasteiger partial charge < -0.3 is 4.55 Å². The van der Waals surface area contributed by atoms with Gasteiger partial charge in [0.05, 0.1) is 17.6 Å². The molecule has 1 heterocycles. The summed E-state index contributed by atoms with van der Waals surface area (Å²) in [4.78, 5) is 0. The SMILES string of the molecule is C/C(=N\[S@+]([O-])C(C)(C)C)c1cnn(-c2cccc(Br)c2)c1. The Morgan fingerprint density at radius 3 is 2.71 bits per heavy atom. The van der Waals surface area contributed by atoms with Crippen molar-refractivity contribution >= 4 is 33.0 Å². The van der Waals surface area contributed by atoms with E-state index in [9.17, 15) is 4.55 Å². The maximum Gasteiger partial charge on any atom is 0.144 e. The molecule has 0 unspecified atom stereocenters. The lowest BCUT2D eigenvalue weighted by atomic mass is 10.2. The first-order valence-corrected chi connectivity index (χ1v) is 8.45. The molecular weight excluding hydrogens is 350 g/mol. The number of rotatable bonds is 3. The van der Waals surface area contributed by atoms with E-state index >= 15 is 0 Å². The van der Waals surface area contributed by atoms with Crippen LogP contribution in [0.3, 0.4) is 0 Å². The van der Waals surface area contributed by atoms with Crippen molar-refractivity contribution < 1.29 is 4.55 Å². The molecule has 0 aliphatic rings. The summed E-state index contributed by atoms with van der Waals surface area (Å²) >= 11 is 2.18. The van der Waals surface area contributed by atoms with E-state index in [2.05, 4.69) is 25.4 Å². The lowest BCUT2D eigenvalue weighted by Crippen LogP contribution is -2.26. The molecule has 0 saturated carbocycles. The molecular formula is C15H18BrN3OS. The third kappa shape index (κ3) is 4.18. The molecule has 0 saturated heterocycles. The number of aromatic nitrogens is 2. The fraction of sp³-hybridized carbons (Fsp3) is 0.333. The van der Waals surface area contributed by atoms with Crippen LogP contribution in [0.2, 0.25) is 0 Å². The molecule has 1 atom stereocenters. The van der Waals surface area contributed by atoms with E-state index in [1.165, 1.54) is 0 Å². The van der Waals surface area contributed by atoms with Crippen molar-refractivity contribution in [3.63, 3.8) is 0 Å². The first-order chi connectivity index (χ1) is 9.77. The molecule has 21 heavy (non-hydrogen) atoms. The highest BCUT2D eigenvalue weighted by Gasteiger charge is 2.26. The first-order valence-electron chi connectivity index (χ1n) is 6.55. The Morgan fingerprint density at radius 1 is 1.38 bits per heavy atom. The van der Waals surface area contributed by atoms with Gasteiger partial charge in [-0.05, 0) is 45.9 Å². The zero-order valence-electron chi connectivity index (χ0n) is 12.5. The number of nitrogens with zero attached hydrogens (tertiary/aromatic N) is 3. The van der Waals surface area contributed by atoms with Crippen LogP contribution >= 0.6 is 15.9 Å². The summed E-state index contributed by atoms with van der Waals surface area (Å²) < 4.78 is 18.7. The van der Waals surface area contributed by atoms with Crippen LogP contribution in [0.4, 0.5) is 0 Å². The molecule has 2 rings (SSSR count). The van der Waals surface area contributed by atoms with Crippen LogP contribution in [0, 0.1) is 0 Å². The largest absolute Gasteiger partial charge is 0.591 e. The predicted octanol–water partition coefficient (Wildman–Crippen LogP) is 3.91. The van der Waals surface area contributed by atoms with Crippen molar-refractivity contribution in [3.8, 4) is 5.69 Å². The van der Waals surface area contributed by atoms with Crippen LogP contribution in [-0.2, 0) is 11.4 Å². The number of benzene rings is 1. The summed E-state index contributed by atoms with van der Waals surface area (Å²) in [6.07, 6.45) is 3.63. The second-order valence-electron chi connectivity index (χ2n) is 5.69. The van der Waals surface area contributed by atoms with Crippen molar-refractivity contribution in [2.45, 2.75) is 32.4 Å². The van der Waals surface area contributed by atoms with Crippen LogP contribution in [0.5, 0.6) is 0 Å². The van der Waals surface area contributed by atoms with Gasteiger partial charge >= 0.3 is 0 Å². The zero-order valence-corrected chi connectivity index (χ0v) is 14.9. The molecule has 1 aromatic heterocycles. The topological polar surface area (TPSA) is 53.2 Å². The molecule has 112 valence electrons. The zero-order chi connectivity index (χ0) is 15.6.